The van der Waals surface area contributed by atoms with Crippen molar-refractivity contribution >= 4 is 33.5 Å². The van der Waals surface area contributed by atoms with Gasteiger partial charge in [-0.1, -0.05) is 66.7 Å². The molecule has 1 heterocycles. The van der Waals surface area contributed by atoms with Gasteiger partial charge in [0.1, 0.15) is 0 Å². The van der Waals surface area contributed by atoms with Crippen molar-refractivity contribution < 1.29 is 4.79 Å². The van der Waals surface area contributed by atoms with Crippen molar-refractivity contribution in [1.82, 2.24) is 5.43 Å². The van der Waals surface area contributed by atoms with Crippen LogP contribution in [0.15, 0.2) is 84.0 Å². The van der Waals surface area contributed by atoms with Crippen LogP contribution >= 0.6 is 11.3 Å². The maximum Gasteiger partial charge on any atom is 0.271 e. The average Bonchev–Trinajstić information content (AvgIpc) is 3.09. The summed E-state index contributed by atoms with van der Waals surface area (Å²) in [5.74, 6) is -0.177. The summed E-state index contributed by atoms with van der Waals surface area (Å²) in [6.45, 7) is 2.08. The fraction of sp³-hybridized carbons (Fsp3) is 0.120. The smallest absolute Gasteiger partial charge is 0.267 e. The summed E-state index contributed by atoms with van der Waals surface area (Å²) in [4.78, 5) is 13.8. The lowest BCUT2D eigenvalue weighted by atomic mass is 9.99. The molecule has 4 aromatic rings. The third kappa shape index (κ3) is 4.44. The number of carbonyl (C=O) groups excluding carboxylic acids is 1. The maximum atomic E-state index is 12.7. The highest BCUT2D eigenvalue weighted by Gasteiger charge is 2.11. The molecular weight excluding hydrogens is 376 g/mol. The number of benzene rings is 3. The molecule has 0 aliphatic rings. The van der Waals surface area contributed by atoms with E-state index < -0.39 is 0 Å². The minimum Gasteiger partial charge on any atom is -0.267 e. The maximum absolute atomic E-state index is 12.7. The Bertz CT molecular complexity index is 1160. The van der Waals surface area contributed by atoms with Gasteiger partial charge in [0.2, 0.25) is 0 Å². The van der Waals surface area contributed by atoms with Crippen molar-refractivity contribution in [3.63, 3.8) is 0 Å². The van der Waals surface area contributed by atoms with Crippen molar-refractivity contribution in [2.75, 3.05) is 0 Å². The van der Waals surface area contributed by atoms with Gasteiger partial charge in [0.05, 0.1) is 11.1 Å². The number of fused-ring (bicyclic) bond motifs is 1. The van der Waals surface area contributed by atoms with Gasteiger partial charge in [0.15, 0.2) is 0 Å². The molecule has 0 bridgehead atoms. The van der Waals surface area contributed by atoms with Crippen molar-refractivity contribution in [2.45, 2.75) is 19.8 Å². The van der Waals surface area contributed by atoms with E-state index in [1.54, 1.807) is 17.6 Å². The molecule has 3 nitrogen and oxygen atoms in total. The zero-order valence-corrected chi connectivity index (χ0v) is 17.1. The van der Waals surface area contributed by atoms with Gasteiger partial charge in [-0.25, -0.2) is 5.43 Å². The zero-order chi connectivity index (χ0) is 20.1. The summed E-state index contributed by atoms with van der Waals surface area (Å²) in [6.07, 6.45) is 3.45. The topological polar surface area (TPSA) is 41.5 Å². The van der Waals surface area contributed by atoms with Crippen LogP contribution in [-0.2, 0) is 12.8 Å². The third-order valence-electron chi connectivity index (χ3n) is 5.02. The van der Waals surface area contributed by atoms with Crippen molar-refractivity contribution in [3.05, 3.63) is 106 Å². The monoisotopic (exact) mass is 398 g/mol. The molecule has 1 amide bonds. The van der Waals surface area contributed by atoms with E-state index in [9.17, 15) is 4.79 Å². The van der Waals surface area contributed by atoms with Gasteiger partial charge >= 0.3 is 0 Å². The number of hydrazone groups is 1. The fourth-order valence-corrected chi connectivity index (χ4v) is 4.49. The summed E-state index contributed by atoms with van der Waals surface area (Å²) in [7, 11) is 0. The first-order valence-electron chi connectivity index (χ1n) is 9.66. The molecule has 0 fully saturated rings. The van der Waals surface area contributed by atoms with E-state index in [4.69, 9.17) is 0 Å². The van der Waals surface area contributed by atoms with Crippen LogP contribution in [-0.4, -0.2) is 12.1 Å². The SMILES string of the molecule is Cc1c(C=NNC(=O)c2ccccc2CCc2ccccc2)sc2ccccc12. The van der Waals surface area contributed by atoms with Crippen LogP contribution in [0.2, 0.25) is 0 Å². The van der Waals surface area contributed by atoms with Crippen LogP contribution in [0.5, 0.6) is 0 Å². The van der Waals surface area contributed by atoms with E-state index >= 15 is 0 Å². The molecular formula is C25H22N2OS. The Labute approximate surface area is 174 Å². The Morgan fingerprint density at radius 3 is 2.48 bits per heavy atom. The molecule has 0 saturated heterocycles. The predicted octanol–water partition coefficient (Wildman–Crippen LogP) is 5.76. The van der Waals surface area contributed by atoms with Crippen molar-refractivity contribution in [3.8, 4) is 0 Å². The number of hydrogen-bond acceptors (Lipinski definition) is 3. The Kier molecular flexibility index (Phi) is 5.82. The van der Waals surface area contributed by atoms with E-state index in [0.29, 0.717) is 5.56 Å². The van der Waals surface area contributed by atoms with E-state index in [1.807, 2.05) is 54.6 Å². The van der Waals surface area contributed by atoms with Gasteiger partial charge in [-0.15, -0.1) is 11.3 Å². The first-order chi connectivity index (χ1) is 14.2. The normalized spacial score (nSPS) is 11.2. The summed E-state index contributed by atoms with van der Waals surface area (Å²) in [5.41, 5.74) is 6.85. The molecule has 0 saturated carbocycles. The summed E-state index contributed by atoms with van der Waals surface area (Å²) < 4.78 is 1.23. The molecule has 4 rings (SSSR count). The van der Waals surface area contributed by atoms with Crippen LogP contribution in [0.25, 0.3) is 10.1 Å². The Morgan fingerprint density at radius 1 is 0.931 bits per heavy atom. The molecule has 1 aromatic heterocycles. The fourth-order valence-electron chi connectivity index (χ4n) is 3.41. The highest BCUT2D eigenvalue weighted by atomic mass is 32.1. The number of amides is 1. The van der Waals surface area contributed by atoms with E-state index in [2.05, 4.69) is 41.7 Å². The zero-order valence-electron chi connectivity index (χ0n) is 16.3. The molecule has 0 spiro atoms. The average molecular weight is 399 g/mol. The molecule has 0 unspecified atom stereocenters. The number of rotatable bonds is 6. The number of nitrogens with zero attached hydrogens (tertiary/aromatic N) is 1. The first-order valence-corrected chi connectivity index (χ1v) is 10.5. The lowest BCUT2D eigenvalue weighted by Crippen LogP contribution is -2.19. The van der Waals surface area contributed by atoms with Gasteiger partial charge in [-0.05, 0) is 54.0 Å². The Balaban J connectivity index is 1.45. The number of thiophene rings is 1. The summed E-state index contributed by atoms with van der Waals surface area (Å²) in [6, 6.07) is 26.3. The second-order valence-corrected chi connectivity index (χ2v) is 8.01. The third-order valence-corrected chi connectivity index (χ3v) is 6.22. The van der Waals surface area contributed by atoms with Gasteiger partial charge in [0, 0.05) is 10.3 Å². The van der Waals surface area contributed by atoms with Crippen LogP contribution in [0.1, 0.15) is 31.9 Å². The van der Waals surface area contributed by atoms with Crippen LogP contribution in [0.4, 0.5) is 0 Å². The molecule has 4 heteroatoms. The molecule has 1 N–H and O–H groups in total. The molecule has 0 aliphatic carbocycles. The van der Waals surface area contributed by atoms with Gasteiger partial charge in [-0.3, -0.25) is 4.79 Å². The molecule has 0 aliphatic heterocycles. The highest BCUT2D eigenvalue weighted by molar-refractivity contribution is 7.20. The van der Waals surface area contributed by atoms with E-state index in [0.717, 1.165) is 23.3 Å². The number of nitrogens with one attached hydrogen (secondary N) is 1. The molecule has 29 heavy (non-hydrogen) atoms. The molecule has 144 valence electrons. The lowest BCUT2D eigenvalue weighted by molar-refractivity contribution is 0.0954. The standard InChI is InChI=1S/C25H22N2OS/c1-18-21-12-7-8-14-23(21)29-24(18)17-26-27-25(28)22-13-6-5-11-20(22)16-15-19-9-3-2-4-10-19/h2-14,17H,15-16H2,1H3,(H,27,28). The summed E-state index contributed by atoms with van der Waals surface area (Å²) in [5, 5.41) is 5.45. The summed E-state index contributed by atoms with van der Waals surface area (Å²) >= 11 is 1.68. The van der Waals surface area contributed by atoms with E-state index in [-0.39, 0.29) is 5.91 Å². The minimum absolute atomic E-state index is 0.177. The van der Waals surface area contributed by atoms with Crippen molar-refractivity contribution in [1.29, 1.82) is 0 Å². The minimum atomic E-state index is -0.177. The highest BCUT2D eigenvalue weighted by Crippen LogP contribution is 2.29. The molecule has 0 radical (unpaired) electrons. The van der Waals surface area contributed by atoms with Crippen LogP contribution in [0.3, 0.4) is 0 Å². The lowest BCUT2D eigenvalue weighted by Gasteiger charge is -2.08. The Morgan fingerprint density at radius 2 is 1.66 bits per heavy atom. The first kappa shape index (κ1) is 19.1. The van der Waals surface area contributed by atoms with E-state index in [1.165, 1.54) is 21.2 Å². The quantitative estimate of drug-likeness (QED) is 0.326. The van der Waals surface area contributed by atoms with Crippen molar-refractivity contribution in [2.24, 2.45) is 5.10 Å². The largest absolute Gasteiger partial charge is 0.271 e. The van der Waals surface area contributed by atoms with Gasteiger partial charge in [0.25, 0.3) is 5.91 Å². The predicted molar refractivity (Wildman–Crippen MR) is 122 cm³/mol. The second-order valence-electron chi connectivity index (χ2n) is 6.93. The Hall–Kier alpha value is -3.24. The number of carbonyl (C=O) groups is 1. The van der Waals surface area contributed by atoms with Gasteiger partial charge < -0.3 is 0 Å². The van der Waals surface area contributed by atoms with Crippen LogP contribution in [0, 0.1) is 6.92 Å². The van der Waals surface area contributed by atoms with Crippen LogP contribution < -0.4 is 5.43 Å². The molecule has 0 atom stereocenters. The molecule has 3 aromatic carbocycles. The number of hydrogen-bond donors (Lipinski definition) is 1. The van der Waals surface area contributed by atoms with Gasteiger partial charge in [-0.2, -0.15) is 5.10 Å². The second kappa shape index (κ2) is 8.84. The number of aryl methyl sites for hydroxylation is 3.